The number of methoxy groups -OCH3 is 1. The van der Waals surface area contributed by atoms with Gasteiger partial charge >= 0.3 is 0 Å². The molecule has 32 heavy (non-hydrogen) atoms. The Morgan fingerprint density at radius 3 is 2.59 bits per heavy atom. The van der Waals surface area contributed by atoms with E-state index >= 15 is 0 Å². The number of nitrogens with one attached hydrogen (secondary N) is 1. The molecule has 170 valence electrons. The van der Waals surface area contributed by atoms with Gasteiger partial charge in [-0.1, -0.05) is 66.4 Å². The number of carbonyl (C=O) groups is 1. The lowest BCUT2D eigenvalue weighted by Crippen LogP contribution is -2.47. The minimum absolute atomic E-state index is 0.268. The molecule has 1 atom stereocenters. The number of aromatic nitrogens is 2. The quantitative estimate of drug-likeness (QED) is 0.337. The van der Waals surface area contributed by atoms with Crippen LogP contribution in [-0.2, 0) is 20.6 Å². The van der Waals surface area contributed by atoms with E-state index in [4.69, 9.17) is 4.74 Å². The van der Waals surface area contributed by atoms with Gasteiger partial charge in [-0.15, -0.1) is 10.2 Å². The monoisotopic (exact) mass is 492 g/mol. The van der Waals surface area contributed by atoms with Gasteiger partial charge in [0.15, 0.2) is 4.34 Å². The maximum Gasteiger partial charge on any atom is 0.250 e. The third-order valence-electron chi connectivity index (χ3n) is 4.48. The maximum atomic E-state index is 13.0. The molecule has 0 spiro atoms. The maximum absolute atomic E-state index is 13.0. The summed E-state index contributed by atoms with van der Waals surface area (Å²) in [5.41, 5.74) is 1.51. The Balaban J connectivity index is 1.74. The van der Waals surface area contributed by atoms with Crippen LogP contribution in [0.5, 0.6) is 5.75 Å². The van der Waals surface area contributed by atoms with Crippen LogP contribution in [0.25, 0.3) is 0 Å². The molecule has 2 aromatic carbocycles. The summed E-state index contributed by atoms with van der Waals surface area (Å²) in [7, 11) is -2.25. The van der Waals surface area contributed by atoms with Crippen molar-refractivity contribution in [3.63, 3.8) is 0 Å². The molecule has 11 heteroatoms. The topological polar surface area (TPSA) is 101 Å². The van der Waals surface area contributed by atoms with Crippen LogP contribution in [0.1, 0.15) is 18.9 Å². The number of thioether (sulfide) groups is 1. The number of amides is 1. The average Bonchev–Trinajstić information content (AvgIpc) is 3.23. The summed E-state index contributed by atoms with van der Waals surface area (Å²) in [5, 5.41) is 11.2. The van der Waals surface area contributed by atoms with Crippen molar-refractivity contribution < 1.29 is 17.9 Å². The van der Waals surface area contributed by atoms with Gasteiger partial charge in [-0.3, -0.25) is 14.4 Å². The SMILES string of the molecule is CC[C@H](C(=O)Nc1nnc(SCc2ccccc2)s1)N(c1cccc(OC)c1)S(C)(=O)=O. The summed E-state index contributed by atoms with van der Waals surface area (Å²) >= 11 is 2.77. The Kier molecular flexibility index (Phi) is 8.10. The van der Waals surface area contributed by atoms with E-state index in [1.54, 1.807) is 31.2 Å². The number of ether oxygens (including phenoxy) is 1. The van der Waals surface area contributed by atoms with Crippen molar-refractivity contribution in [3.05, 3.63) is 60.2 Å². The lowest BCUT2D eigenvalue weighted by atomic mass is 10.2. The lowest BCUT2D eigenvalue weighted by Gasteiger charge is -2.29. The van der Waals surface area contributed by atoms with Crippen molar-refractivity contribution in [2.75, 3.05) is 23.0 Å². The van der Waals surface area contributed by atoms with E-state index in [9.17, 15) is 13.2 Å². The molecule has 0 fully saturated rings. The molecule has 3 aromatic rings. The first-order valence-corrected chi connectivity index (χ1v) is 13.4. The van der Waals surface area contributed by atoms with Crippen LogP contribution in [0.4, 0.5) is 10.8 Å². The van der Waals surface area contributed by atoms with Crippen molar-refractivity contribution in [2.45, 2.75) is 29.5 Å². The van der Waals surface area contributed by atoms with Crippen molar-refractivity contribution in [1.29, 1.82) is 0 Å². The minimum Gasteiger partial charge on any atom is -0.497 e. The van der Waals surface area contributed by atoms with Gasteiger partial charge in [0, 0.05) is 11.8 Å². The van der Waals surface area contributed by atoms with Crippen LogP contribution in [0, 0.1) is 0 Å². The van der Waals surface area contributed by atoms with Gasteiger partial charge in [0.1, 0.15) is 11.8 Å². The standard InChI is InChI=1S/C21H24N4O4S3/c1-4-18(25(32(3,27)28)16-11-8-12-17(13-16)29-2)19(26)22-20-23-24-21(31-20)30-14-15-9-6-5-7-10-15/h5-13,18H,4,14H2,1-3H3,(H,22,23,26)/t18-/m1/s1. The molecule has 1 amide bonds. The van der Waals surface area contributed by atoms with Crippen molar-refractivity contribution in [1.82, 2.24) is 10.2 Å². The lowest BCUT2D eigenvalue weighted by molar-refractivity contribution is -0.117. The molecule has 0 aliphatic heterocycles. The van der Waals surface area contributed by atoms with Gasteiger partial charge in [0.25, 0.3) is 0 Å². The molecule has 8 nitrogen and oxygen atoms in total. The Labute approximate surface area is 196 Å². The van der Waals surface area contributed by atoms with Gasteiger partial charge in [0.05, 0.1) is 19.1 Å². The predicted molar refractivity (Wildman–Crippen MR) is 129 cm³/mol. The summed E-state index contributed by atoms with van der Waals surface area (Å²) in [5.74, 6) is 0.755. The van der Waals surface area contributed by atoms with E-state index in [1.807, 2.05) is 30.3 Å². The van der Waals surface area contributed by atoms with E-state index in [0.29, 0.717) is 20.9 Å². The van der Waals surface area contributed by atoms with Gasteiger partial charge in [-0.05, 0) is 24.1 Å². The van der Waals surface area contributed by atoms with Crippen molar-refractivity contribution in [2.24, 2.45) is 0 Å². The molecule has 1 heterocycles. The third-order valence-corrected chi connectivity index (χ3v) is 7.70. The van der Waals surface area contributed by atoms with Gasteiger partial charge in [-0.25, -0.2) is 8.42 Å². The highest BCUT2D eigenvalue weighted by Crippen LogP contribution is 2.30. The predicted octanol–water partition coefficient (Wildman–Crippen LogP) is 4.02. The normalized spacial score (nSPS) is 12.2. The highest BCUT2D eigenvalue weighted by Gasteiger charge is 2.32. The third kappa shape index (κ3) is 6.21. The Hall–Kier alpha value is -2.63. The van der Waals surface area contributed by atoms with E-state index < -0.39 is 22.0 Å². The highest BCUT2D eigenvalue weighted by atomic mass is 32.2. The van der Waals surface area contributed by atoms with Crippen LogP contribution in [0.2, 0.25) is 0 Å². The zero-order valence-corrected chi connectivity index (χ0v) is 20.3. The second-order valence-electron chi connectivity index (χ2n) is 6.82. The molecule has 1 N–H and O–H groups in total. The molecule has 3 rings (SSSR count). The number of anilines is 2. The average molecular weight is 493 g/mol. The van der Waals surface area contributed by atoms with Crippen LogP contribution in [-0.4, -0.2) is 43.9 Å². The highest BCUT2D eigenvalue weighted by molar-refractivity contribution is 8.00. The fraction of sp³-hybridized carbons (Fsp3) is 0.286. The second kappa shape index (κ2) is 10.8. The first kappa shape index (κ1) is 24.0. The van der Waals surface area contributed by atoms with Gasteiger partial charge in [-0.2, -0.15) is 0 Å². The van der Waals surface area contributed by atoms with Crippen LogP contribution in [0.3, 0.4) is 0 Å². The number of rotatable bonds is 10. The molecular formula is C21H24N4O4S3. The largest absolute Gasteiger partial charge is 0.497 e. The van der Waals surface area contributed by atoms with Crippen molar-refractivity contribution in [3.8, 4) is 5.75 Å². The Morgan fingerprint density at radius 1 is 1.19 bits per heavy atom. The zero-order chi connectivity index (χ0) is 23.1. The van der Waals surface area contributed by atoms with E-state index in [0.717, 1.165) is 21.9 Å². The summed E-state index contributed by atoms with van der Waals surface area (Å²) in [6, 6.07) is 15.6. The Morgan fingerprint density at radius 2 is 1.94 bits per heavy atom. The van der Waals surface area contributed by atoms with Crippen LogP contribution >= 0.6 is 23.1 Å². The summed E-state index contributed by atoms with van der Waals surface area (Å²) in [6.07, 6.45) is 1.34. The second-order valence-corrected chi connectivity index (χ2v) is 10.9. The van der Waals surface area contributed by atoms with Crippen LogP contribution < -0.4 is 14.4 Å². The molecular weight excluding hydrogens is 468 g/mol. The molecule has 0 aliphatic rings. The van der Waals surface area contributed by atoms with Gasteiger partial charge < -0.3 is 4.74 Å². The fourth-order valence-corrected chi connectivity index (χ4v) is 5.95. The molecule has 0 bridgehead atoms. The Bertz CT molecular complexity index is 1150. The smallest absolute Gasteiger partial charge is 0.250 e. The van der Waals surface area contributed by atoms with E-state index in [1.165, 1.54) is 30.2 Å². The first-order valence-electron chi connectivity index (χ1n) is 9.76. The number of carbonyl (C=O) groups excluding carboxylic acids is 1. The fourth-order valence-electron chi connectivity index (χ4n) is 3.03. The van der Waals surface area contributed by atoms with Crippen LogP contribution in [0.15, 0.2) is 58.9 Å². The number of hydrogen-bond donors (Lipinski definition) is 1. The minimum atomic E-state index is -3.75. The number of sulfonamides is 1. The molecule has 0 saturated carbocycles. The molecule has 0 aliphatic carbocycles. The van der Waals surface area contributed by atoms with E-state index in [-0.39, 0.29) is 6.42 Å². The molecule has 0 radical (unpaired) electrons. The number of hydrogen-bond acceptors (Lipinski definition) is 8. The molecule has 1 aromatic heterocycles. The summed E-state index contributed by atoms with van der Waals surface area (Å²) < 4.78 is 32.2. The summed E-state index contributed by atoms with van der Waals surface area (Å²) in [4.78, 5) is 13.0. The first-order chi connectivity index (χ1) is 15.3. The van der Waals surface area contributed by atoms with E-state index in [2.05, 4.69) is 15.5 Å². The molecule has 0 unspecified atom stereocenters. The zero-order valence-electron chi connectivity index (χ0n) is 17.9. The van der Waals surface area contributed by atoms with Crippen molar-refractivity contribution >= 4 is 49.8 Å². The number of nitrogens with zero attached hydrogens (tertiary/aromatic N) is 3. The number of benzene rings is 2. The summed E-state index contributed by atoms with van der Waals surface area (Å²) in [6.45, 7) is 1.75. The van der Waals surface area contributed by atoms with Gasteiger partial charge in [0.2, 0.25) is 21.1 Å². The molecule has 0 saturated heterocycles.